The van der Waals surface area contributed by atoms with Crippen LogP contribution in [0.25, 0.3) is 0 Å². The molecule has 0 radical (unpaired) electrons. The SMILES string of the molecule is NC1CC2CCC(C1)N2c1cc(F)c(Br)cc1F. The van der Waals surface area contributed by atoms with E-state index in [1.165, 1.54) is 12.1 Å². The number of hydrogen-bond acceptors (Lipinski definition) is 2. The lowest BCUT2D eigenvalue weighted by Gasteiger charge is -2.39. The molecule has 18 heavy (non-hydrogen) atoms. The van der Waals surface area contributed by atoms with Gasteiger partial charge in [0.05, 0.1) is 10.2 Å². The second kappa shape index (κ2) is 4.46. The van der Waals surface area contributed by atoms with Crippen LogP contribution in [0.5, 0.6) is 0 Å². The Labute approximate surface area is 113 Å². The first-order chi connectivity index (χ1) is 8.56. The zero-order chi connectivity index (χ0) is 12.9. The van der Waals surface area contributed by atoms with Crippen LogP contribution in [0, 0.1) is 11.6 Å². The van der Waals surface area contributed by atoms with Crippen molar-refractivity contribution in [1.29, 1.82) is 0 Å². The third-order valence-electron chi connectivity index (χ3n) is 4.04. The number of anilines is 1. The largest absolute Gasteiger partial charge is 0.363 e. The second-order valence-electron chi connectivity index (χ2n) is 5.24. The lowest BCUT2D eigenvalue weighted by Crippen LogP contribution is -2.47. The highest BCUT2D eigenvalue weighted by molar-refractivity contribution is 9.10. The summed E-state index contributed by atoms with van der Waals surface area (Å²) >= 11 is 3.01. The molecular formula is C13H15BrF2N2. The Bertz CT molecular complexity index is 466. The Kier molecular flexibility index (Phi) is 3.06. The molecule has 2 saturated heterocycles. The van der Waals surface area contributed by atoms with Crippen molar-refractivity contribution in [3.8, 4) is 0 Å². The minimum Gasteiger partial charge on any atom is -0.363 e. The summed E-state index contributed by atoms with van der Waals surface area (Å²) in [7, 11) is 0. The molecule has 1 aromatic rings. The minimum absolute atomic E-state index is 0.171. The molecule has 0 amide bonds. The monoisotopic (exact) mass is 316 g/mol. The van der Waals surface area contributed by atoms with E-state index < -0.39 is 5.82 Å². The number of piperidine rings is 1. The van der Waals surface area contributed by atoms with Gasteiger partial charge in [0, 0.05) is 24.2 Å². The fourth-order valence-corrected chi connectivity index (χ4v) is 3.64. The van der Waals surface area contributed by atoms with Gasteiger partial charge in [0.15, 0.2) is 0 Å². The lowest BCUT2D eigenvalue weighted by molar-refractivity contribution is 0.409. The van der Waals surface area contributed by atoms with Crippen LogP contribution in [0.1, 0.15) is 25.7 Å². The summed E-state index contributed by atoms with van der Waals surface area (Å²) in [6, 6.07) is 3.21. The van der Waals surface area contributed by atoms with Crippen LogP contribution in [0.3, 0.4) is 0 Å². The van der Waals surface area contributed by atoms with Crippen LogP contribution in [0.2, 0.25) is 0 Å². The normalized spacial score (nSPS) is 30.9. The van der Waals surface area contributed by atoms with Crippen molar-refractivity contribution in [2.45, 2.75) is 43.8 Å². The van der Waals surface area contributed by atoms with E-state index in [2.05, 4.69) is 15.9 Å². The van der Waals surface area contributed by atoms with Crippen molar-refractivity contribution >= 4 is 21.6 Å². The number of fused-ring (bicyclic) bond motifs is 2. The van der Waals surface area contributed by atoms with Crippen molar-refractivity contribution in [3.05, 3.63) is 28.2 Å². The fraction of sp³-hybridized carbons (Fsp3) is 0.538. The Morgan fingerprint density at radius 3 is 2.33 bits per heavy atom. The van der Waals surface area contributed by atoms with E-state index in [0.29, 0.717) is 5.69 Å². The maximum atomic E-state index is 14.0. The molecule has 5 heteroatoms. The van der Waals surface area contributed by atoms with Crippen LogP contribution in [-0.4, -0.2) is 18.1 Å². The Hall–Kier alpha value is -0.680. The molecule has 0 aromatic heterocycles. The molecule has 1 aromatic carbocycles. The lowest BCUT2D eigenvalue weighted by atomic mass is 9.97. The quantitative estimate of drug-likeness (QED) is 0.806. The van der Waals surface area contributed by atoms with Gasteiger partial charge in [-0.3, -0.25) is 0 Å². The molecular weight excluding hydrogens is 302 g/mol. The van der Waals surface area contributed by atoms with Crippen LogP contribution in [0.15, 0.2) is 16.6 Å². The van der Waals surface area contributed by atoms with Gasteiger partial charge in [-0.15, -0.1) is 0 Å². The predicted octanol–water partition coefficient (Wildman–Crippen LogP) is 3.19. The number of nitrogens with zero attached hydrogens (tertiary/aromatic N) is 1. The molecule has 2 nitrogen and oxygen atoms in total. The molecule has 0 aliphatic carbocycles. The maximum Gasteiger partial charge on any atom is 0.147 e. The summed E-state index contributed by atoms with van der Waals surface area (Å²) in [6.07, 6.45) is 3.78. The molecule has 2 unspecified atom stereocenters. The smallest absolute Gasteiger partial charge is 0.147 e. The Morgan fingerprint density at radius 2 is 1.72 bits per heavy atom. The maximum absolute atomic E-state index is 14.0. The number of hydrogen-bond donors (Lipinski definition) is 1. The van der Waals surface area contributed by atoms with Gasteiger partial charge < -0.3 is 10.6 Å². The molecule has 98 valence electrons. The molecule has 2 atom stereocenters. The summed E-state index contributed by atoms with van der Waals surface area (Å²) in [6.45, 7) is 0. The molecule has 2 aliphatic rings. The average molecular weight is 317 g/mol. The molecule has 3 rings (SSSR count). The highest BCUT2D eigenvalue weighted by atomic mass is 79.9. The second-order valence-corrected chi connectivity index (χ2v) is 6.10. The number of rotatable bonds is 1. The van der Waals surface area contributed by atoms with E-state index >= 15 is 0 Å². The molecule has 2 aliphatic heterocycles. The Morgan fingerprint density at radius 1 is 1.11 bits per heavy atom. The van der Waals surface area contributed by atoms with E-state index in [-0.39, 0.29) is 28.4 Å². The first kappa shape index (κ1) is 12.4. The van der Waals surface area contributed by atoms with Crippen molar-refractivity contribution in [1.82, 2.24) is 0 Å². The highest BCUT2D eigenvalue weighted by Gasteiger charge is 2.40. The minimum atomic E-state index is -0.416. The standard InChI is InChI=1S/C13H15BrF2N2/c14-10-5-12(16)13(6-11(10)15)18-8-1-2-9(18)4-7(17)3-8/h5-9H,1-4,17H2. The van der Waals surface area contributed by atoms with Crippen LogP contribution in [-0.2, 0) is 0 Å². The summed E-state index contributed by atoms with van der Waals surface area (Å²) in [4.78, 5) is 2.04. The first-order valence-electron chi connectivity index (χ1n) is 6.24. The first-order valence-corrected chi connectivity index (χ1v) is 7.04. The summed E-state index contributed by atoms with van der Waals surface area (Å²) < 4.78 is 27.8. The van der Waals surface area contributed by atoms with Crippen molar-refractivity contribution < 1.29 is 8.78 Å². The molecule has 0 spiro atoms. The van der Waals surface area contributed by atoms with Crippen LogP contribution >= 0.6 is 15.9 Å². The molecule has 2 bridgehead atoms. The summed E-state index contributed by atoms with van der Waals surface area (Å²) in [5, 5.41) is 0. The average Bonchev–Trinajstić information content (AvgIpc) is 2.56. The third kappa shape index (κ3) is 1.93. The van der Waals surface area contributed by atoms with E-state index in [4.69, 9.17) is 5.73 Å². The molecule has 2 N–H and O–H groups in total. The summed E-state index contributed by atoms with van der Waals surface area (Å²) in [5.74, 6) is -0.781. The van der Waals surface area contributed by atoms with Crippen molar-refractivity contribution in [3.63, 3.8) is 0 Å². The zero-order valence-electron chi connectivity index (χ0n) is 9.87. The number of benzene rings is 1. The summed E-state index contributed by atoms with van der Waals surface area (Å²) in [5.41, 5.74) is 6.37. The molecule has 2 fully saturated rings. The van der Waals surface area contributed by atoms with Gasteiger partial charge in [-0.1, -0.05) is 0 Å². The predicted molar refractivity (Wildman–Crippen MR) is 70.6 cm³/mol. The van der Waals surface area contributed by atoms with Gasteiger partial charge in [0.2, 0.25) is 0 Å². The van der Waals surface area contributed by atoms with Gasteiger partial charge in [0.1, 0.15) is 11.6 Å². The van der Waals surface area contributed by atoms with E-state index in [0.717, 1.165) is 25.7 Å². The van der Waals surface area contributed by atoms with Crippen LogP contribution in [0.4, 0.5) is 14.5 Å². The Balaban J connectivity index is 1.98. The van der Waals surface area contributed by atoms with E-state index in [9.17, 15) is 8.78 Å². The molecule has 2 heterocycles. The number of halogens is 3. The van der Waals surface area contributed by atoms with Crippen molar-refractivity contribution in [2.75, 3.05) is 4.90 Å². The fourth-order valence-electron chi connectivity index (χ4n) is 3.32. The van der Waals surface area contributed by atoms with Gasteiger partial charge in [0.25, 0.3) is 0 Å². The highest BCUT2D eigenvalue weighted by Crippen LogP contribution is 2.40. The van der Waals surface area contributed by atoms with Crippen LogP contribution < -0.4 is 10.6 Å². The van der Waals surface area contributed by atoms with Gasteiger partial charge in [-0.05, 0) is 47.7 Å². The third-order valence-corrected chi connectivity index (χ3v) is 4.65. The molecule has 0 saturated carbocycles. The van der Waals surface area contributed by atoms with E-state index in [1.807, 2.05) is 4.90 Å². The van der Waals surface area contributed by atoms with Gasteiger partial charge in [-0.2, -0.15) is 0 Å². The van der Waals surface area contributed by atoms with Crippen molar-refractivity contribution in [2.24, 2.45) is 5.73 Å². The number of nitrogens with two attached hydrogens (primary N) is 1. The zero-order valence-corrected chi connectivity index (χ0v) is 11.5. The van der Waals surface area contributed by atoms with E-state index in [1.54, 1.807) is 0 Å². The van der Waals surface area contributed by atoms with Gasteiger partial charge in [-0.25, -0.2) is 8.78 Å². The van der Waals surface area contributed by atoms with Gasteiger partial charge >= 0.3 is 0 Å². The topological polar surface area (TPSA) is 29.3 Å².